The minimum atomic E-state index is 0.588. The van der Waals surface area contributed by atoms with Crippen LogP contribution in [0.15, 0.2) is 158 Å². The van der Waals surface area contributed by atoms with Gasteiger partial charge in [0.25, 0.3) is 0 Å². The normalized spacial score (nSPS) is 11.3. The molecular weight excluding hydrogens is 585 g/mol. The number of hydrogen-bond acceptors (Lipinski definition) is 2. The topological polar surface area (TPSA) is 57.4 Å². The Morgan fingerprint density at radius 3 is 1.58 bits per heavy atom. The molecule has 0 fully saturated rings. The van der Waals surface area contributed by atoms with Crippen LogP contribution in [-0.2, 0) is 0 Å². The van der Waals surface area contributed by atoms with Gasteiger partial charge in [-0.3, -0.25) is 0 Å². The molecule has 0 saturated carbocycles. The zero-order valence-electron chi connectivity index (χ0n) is 25.8. The first-order valence-electron chi connectivity index (χ1n) is 15.9. The second kappa shape index (κ2) is 10.9. The van der Waals surface area contributed by atoms with E-state index in [0.717, 1.165) is 55.4 Å². The third kappa shape index (κ3) is 4.22. The highest BCUT2D eigenvalue weighted by molar-refractivity contribution is 6.11. The lowest BCUT2D eigenvalue weighted by molar-refractivity contribution is 1.18. The van der Waals surface area contributed by atoms with Crippen molar-refractivity contribution in [2.24, 2.45) is 0 Å². The molecule has 0 aliphatic heterocycles. The largest absolute Gasteiger partial charge is 0.309 e. The fourth-order valence-electron chi connectivity index (χ4n) is 7.20. The van der Waals surface area contributed by atoms with E-state index >= 15 is 0 Å². The summed E-state index contributed by atoms with van der Waals surface area (Å²) in [5.74, 6) is 0. The summed E-state index contributed by atoms with van der Waals surface area (Å²) in [5.41, 5.74) is 11.9. The number of para-hydroxylation sites is 3. The monoisotopic (exact) mass is 610 g/mol. The van der Waals surface area contributed by atoms with Crippen LogP contribution < -0.4 is 0 Å². The number of benzene rings is 7. The van der Waals surface area contributed by atoms with E-state index in [0.29, 0.717) is 11.1 Å². The Morgan fingerprint density at radius 2 is 0.917 bits per heavy atom. The van der Waals surface area contributed by atoms with E-state index in [4.69, 9.17) is 0 Å². The molecule has 222 valence electrons. The van der Waals surface area contributed by atoms with Crippen molar-refractivity contribution in [1.82, 2.24) is 9.13 Å². The zero-order valence-corrected chi connectivity index (χ0v) is 25.8. The summed E-state index contributed by atoms with van der Waals surface area (Å²) in [5, 5.41) is 24.1. The van der Waals surface area contributed by atoms with Gasteiger partial charge < -0.3 is 9.13 Å². The Labute approximate surface area is 277 Å². The molecule has 0 radical (unpaired) electrons. The summed E-state index contributed by atoms with van der Waals surface area (Å²) in [6.45, 7) is 0. The van der Waals surface area contributed by atoms with Crippen molar-refractivity contribution in [1.29, 1.82) is 10.5 Å². The molecule has 48 heavy (non-hydrogen) atoms. The zero-order chi connectivity index (χ0) is 32.2. The van der Waals surface area contributed by atoms with Gasteiger partial charge in [0.05, 0.1) is 51.0 Å². The second-order valence-corrected chi connectivity index (χ2v) is 12.0. The van der Waals surface area contributed by atoms with E-state index in [9.17, 15) is 10.5 Å². The Hall–Kier alpha value is -6.88. The maximum atomic E-state index is 9.92. The molecule has 0 amide bonds. The Balaban J connectivity index is 1.18. The van der Waals surface area contributed by atoms with Crippen molar-refractivity contribution in [3.63, 3.8) is 0 Å². The van der Waals surface area contributed by atoms with Crippen LogP contribution in [0.1, 0.15) is 11.1 Å². The molecular formula is C44H26N4. The fourth-order valence-corrected chi connectivity index (χ4v) is 7.20. The minimum Gasteiger partial charge on any atom is -0.309 e. The lowest BCUT2D eigenvalue weighted by Crippen LogP contribution is -1.98. The smallest absolute Gasteiger partial charge is 0.0992 e. The molecule has 0 atom stereocenters. The van der Waals surface area contributed by atoms with Crippen LogP contribution in [0.3, 0.4) is 0 Å². The van der Waals surface area contributed by atoms with Gasteiger partial charge in [0.2, 0.25) is 0 Å². The van der Waals surface area contributed by atoms with Crippen molar-refractivity contribution < 1.29 is 0 Å². The molecule has 0 N–H and O–H groups in total. The van der Waals surface area contributed by atoms with Crippen LogP contribution in [0, 0.1) is 22.7 Å². The molecule has 0 aliphatic rings. The van der Waals surface area contributed by atoms with E-state index in [1.165, 1.54) is 21.8 Å². The van der Waals surface area contributed by atoms with E-state index in [-0.39, 0.29) is 0 Å². The first kappa shape index (κ1) is 27.4. The predicted molar refractivity (Wildman–Crippen MR) is 195 cm³/mol. The molecule has 4 heteroatoms. The van der Waals surface area contributed by atoms with Gasteiger partial charge in [-0.1, -0.05) is 91.0 Å². The average Bonchev–Trinajstić information content (AvgIpc) is 3.67. The van der Waals surface area contributed by atoms with Crippen LogP contribution in [0.4, 0.5) is 0 Å². The Morgan fingerprint density at radius 1 is 0.375 bits per heavy atom. The molecule has 9 aromatic rings. The maximum Gasteiger partial charge on any atom is 0.0992 e. The molecule has 2 aromatic heterocycles. The number of nitriles is 2. The van der Waals surface area contributed by atoms with E-state index in [1.807, 2.05) is 48.5 Å². The number of fused-ring (bicyclic) bond motifs is 6. The summed E-state index contributed by atoms with van der Waals surface area (Å²) >= 11 is 0. The number of aromatic nitrogens is 2. The van der Waals surface area contributed by atoms with Gasteiger partial charge in [-0.2, -0.15) is 10.5 Å². The molecule has 0 unspecified atom stereocenters. The van der Waals surface area contributed by atoms with E-state index in [1.54, 1.807) is 0 Å². The lowest BCUT2D eigenvalue weighted by Gasteiger charge is -2.16. The predicted octanol–water partition coefficient (Wildman–Crippen LogP) is 11.0. The lowest BCUT2D eigenvalue weighted by atomic mass is 9.96. The standard InChI is InChI=1S/C44H26N4/c45-27-29-17-23-43-39(24-29)38-12-3-6-15-42(38)48(43)44-25-30(28-46)16-22-35(44)33-9-7-8-32(26-33)31-18-20-34(21-19-31)47-40-13-4-1-10-36(40)37-11-2-5-14-41(37)47/h1-26H. The highest BCUT2D eigenvalue weighted by Crippen LogP contribution is 2.38. The number of hydrogen-bond donors (Lipinski definition) is 0. The van der Waals surface area contributed by atoms with Gasteiger partial charge >= 0.3 is 0 Å². The van der Waals surface area contributed by atoms with Crippen LogP contribution in [-0.4, -0.2) is 9.13 Å². The first-order chi connectivity index (χ1) is 23.7. The van der Waals surface area contributed by atoms with E-state index in [2.05, 4.69) is 130 Å². The third-order valence-corrected chi connectivity index (χ3v) is 9.38. The molecule has 4 nitrogen and oxygen atoms in total. The third-order valence-electron chi connectivity index (χ3n) is 9.38. The van der Waals surface area contributed by atoms with Crippen LogP contribution in [0.25, 0.3) is 77.2 Å². The van der Waals surface area contributed by atoms with Crippen molar-refractivity contribution >= 4 is 43.6 Å². The minimum absolute atomic E-state index is 0.588. The van der Waals surface area contributed by atoms with Crippen LogP contribution >= 0.6 is 0 Å². The average molecular weight is 611 g/mol. The first-order valence-corrected chi connectivity index (χ1v) is 15.9. The summed E-state index contributed by atoms with van der Waals surface area (Å²) in [4.78, 5) is 0. The Kier molecular flexibility index (Phi) is 6.22. The molecule has 7 aromatic carbocycles. The highest BCUT2D eigenvalue weighted by atomic mass is 15.0. The van der Waals surface area contributed by atoms with Gasteiger partial charge in [-0.15, -0.1) is 0 Å². The van der Waals surface area contributed by atoms with Gasteiger partial charge in [-0.25, -0.2) is 0 Å². The van der Waals surface area contributed by atoms with Gasteiger partial charge in [0.15, 0.2) is 0 Å². The number of nitrogens with zero attached hydrogens (tertiary/aromatic N) is 4. The van der Waals surface area contributed by atoms with Gasteiger partial charge in [0.1, 0.15) is 0 Å². The quantitative estimate of drug-likeness (QED) is 0.199. The second-order valence-electron chi connectivity index (χ2n) is 12.0. The molecule has 9 rings (SSSR count). The molecule has 0 aliphatic carbocycles. The summed E-state index contributed by atoms with van der Waals surface area (Å²) in [6, 6.07) is 59.1. The fraction of sp³-hybridized carbons (Fsp3) is 0. The van der Waals surface area contributed by atoms with Crippen molar-refractivity contribution in [3.8, 4) is 45.8 Å². The van der Waals surface area contributed by atoms with E-state index < -0.39 is 0 Å². The summed E-state index contributed by atoms with van der Waals surface area (Å²) < 4.78 is 4.55. The van der Waals surface area contributed by atoms with Crippen molar-refractivity contribution in [2.45, 2.75) is 0 Å². The summed E-state index contributed by atoms with van der Waals surface area (Å²) in [7, 11) is 0. The SMILES string of the molecule is N#Cc1ccc(-c2cccc(-c3ccc(-n4c5ccccc5c5ccccc54)cc3)c2)c(-n2c3ccccc3c3cc(C#N)ccc32)c1. The number of rotatable bonds is 4. The highest BCUT2D eigenvalue weighted by Gasteiger charge is 2.17. The summed E-state index contributed by atoms with van der Waals surface area (Å²) in [6.07, 6.45) is 0. The van der Waals surface area contributed by atoms with Crippen LogP contribution in [0.5, 0.6) is 0 Å². The maximum absolute atomic E-state index is 9.92. The molecule has 2 heterocycles. The molecule has 0 spiro atoms. The molecule has 0 saturated heterocycles. The van der Waals surface area contributed by atoms with Gasteiger partial charge in [-0.05, 0) is 83.4 Å². The van der Waals surface area contributed by atoms with Crippen molar-refractivity contribution in [2.75, 3.05) is 0 Å². The van der Waals surface area contributed by atoms with Crippen LogP contribution in [0.2, 0.25) is 0 Å². The van der Waals surface area contributed by atoms with Gasteiger partial charge in [0, 0.05) is 32.8 Å². The van der Waals surface area contributed by atoms with Crippen molar-refractivity contribution in [3.05, 3.63) is 169 Å². The Bertz CT molecular complexity index is 2750. The molecule has 0 bridgehead atoms.